The van der Waals surface area contributed by atoms with Crippen LogP contribution in [0, 0.1) is 0 Å². The first-order valence-electron chi connectivity index (χ1n) is 10.5. The van der Waals surface area contributed by atoms with Crippen molar-refractivity contribution < 1.29 is 13.2 Å². The molecule has 0 saturated carbocycles. The second-order valence-electron chi connectivity index (χ2n) is 8.19. The van der Waals surface area contributed by atoms with Crippen molar-refractivity contribution in [3.8, 4) is 0 Å². The Bertz CT molecular complexity index is 1230. The smallest absolute Gasteiger partial charge is 0.241 e. The zero-order chi connectivity index (χ0) is 21.6. The molecule has 1 fully saturated rings. The molecule has 1 aliphatic heterocycles. The van der Waals surface area contributed by atoms with Crippen molar-refractivity contribution in [2.75, 3.05) is 26.2 Å². The van der Waals surface area contributed by atoms with E-state index in [1.807, 2.05) is 29.2 Å². The van der Waals surface area contributed by atoms with Crippen molar-refractivity contribution >= 4 is 26.7 Å². The second kappa shape index (κ2) is 7.75. The van der Waals surface area contributed by atoms with Crippen molar-refractivity contribution in [3.05, 3.63) is 77.9 Å². The normalized spacial score (nSPS) is 21.5. The van der Waals surface area contributed by atoms with Crippen LogP contribution >= 0.6 is 0 Å². The Morgan fingerprint density at radius 2 is 1.52 bits per heavy atom. The van der Waals surface area contributed by atoms with Gasteiger partial charge >= 0.3 is 0 Å². The topological polar surface area (TPSA) is 69.7 Å². The maximum absolute atomic E-state index is 13.2. The molecule has 1 heterocycles. The van der Waals surface area contributed by atoms with Gasteiger partial charge in [0.1, 0.15) is 0 Å². The fourth-order valence-corrected chi connectivity index (χ4v) is 6.18. The van der Waals surface area contributed by atoms with E-state index >= 15 is 0 Å². The zero-order valence-electron chi connectivity index (χ0n) is 17.4. The molecule has 1 amide bonds. The fraction of sp³-hybridized carbons (Fsp3) is 0.292. The number of benzene rings is 3. The van der Waals surface area contributed by atoms with Crippen LogP contribution in [0.25, 0.3) is 10.8 Å². The van der Waals surface area contributed by atoms with Gasteiger partial charge < -0.3 is 4.90 Å². The highest BCUT2D eigenvalue weighted by molar-refractivity contribution is 7.89. The van der Waals surface area contributed by atoms with Crippen molar-refractivity contribution in [3.63, 3.8) is 0 Å². The molecule has 3 aromatic rings. The first kappa shape index (κ1) is 20.2. The number of carbonyl (C=O) groups is 1. The second-order valence-corrected chi connectivity index (χ2v) is 9.91. The summed E-state index contributed by atoms with van der Waals surface area (Å²) >= 11 is 0. The summed E-state index contributed by atoms with van der Waals surface area (Å²) in [5.74, 6) is 0.0813. The van der Waals surface area contributed by atoms with Crippen LogP contribution in [0.15, 0.2) is 71.6 Å². The molecule has 1 saturated heterocycles. The Morgan fingerprint density at radius 1 is 0.871 bits per heavy atom. The average Bonchev–Trinajstić information content (AvgIpc) is 3.09. The summed E-state index contributed by atoms with van der Waals surface area (Å²) in [6.45, 7) is 4.31. The molecule has 6 nitrogen and oxygen atoms in total. The molecular formula is C24H25N3O3S. The summed E-state index contributed by atoms with van der Waals surface area (Å²) in [5.41, 5.74) is 2.15. The van der Waals surface area contributed by atoms with E-state index in [1.54, 1.807) is 31.2 Å². The van der Waals surface area contributed by atoms with Gasteiger partial charge in [-0.25, -0.2) is 13.1 Å². The number of nitrogens with one attached hydrogen (secondary N) is 1. The molecule has 0 bridgehead atoms. The van der Waals surface area contributed by atoms with Crippen LogP contribution in [0.2, 0.25) is 0 Å². The zero-order valence-corrected chi connectivity index (χ0v) is 18.2. The largest absolute Gasteiger partial charge is 0.340 e. The van der Waals surface area contributed by atoms with Crippen LogP contribution in [-0.2, 0) is 14.8 Å². The Labute approximate surface area is 182 Å². The van der Waals surface area contributed by atoms with Gasteiger partial charge in [-0.3, -0.25) is 9.69 Å². The first-order valence-corrected chi connectivity index (χ1v) is 12.0. The van der Waals surface area contributed by atoms with Gasteiger partial charge in [-0.2, -0.15) is 0 Å². The molecule has 1 N–H and O–H groups in total. The Balaban J connectivity index is 1.55. The van der Waals surface area contributed by atoms with Gasteiger partial charge in [0.05, 0.1) is 17.0 Å². The van der Waals surface area contributed by atoms with E-state index in [0.717, 1.165) is 21.9 Å². The summed E-state index contributed by atoms with van der Waals surface area (Å²) in [6.07, 6.45) is 0. The van der Waals surface area contributed by atoms with Crippen LogP contribution in [0.4, 0.5) is 0 Å². The number of hydrogen-bond acceptors (Lipinski definition) is 4. The molecule has 1 aliphatic carbocycles. The molecule has 31 heavy (non-hydrogen) atoms. The first-order chi connectivity index (χ1) is 15.0. The number of carbonyl (C=O) groups excluding carboxylic acids is 1. The van der Waals surface area contributed by atoms with Gasteiger partial charge in [0.15, 0.2) is 0 Å². The van der Waals surface area contributed by atoms with E-state index in [1.165, 1.54) is 0 Å². The van der Waals surface area contributed by atoms with E-state index in [0.29, 0.717) is 26.2 Å². The molecule has 0 radical (unpaired) electrons. The number of nitrogens with zero attached hydrogens (tertiary/aromatic N) is 2. The Morgan fingerprint density at radius 3 is 2.16 bits per heavy atom. The Kier molecular flexibility index (Phi) is 5.04. The third-order valence-electron chi connectivity index (χ3n) is 6.43. The fourth-order valence-electron chi connectivity index (χ4n) is 4.94. The van der Waals surface area contributed by atoms with Gasteiger partial charge in [-0.1, -0.05) is 54.6 Å². The average molecular weight is 436 g/mol. The lowest BCUT2D eigenvalue weighted by Crippen LogP contribution is -2.50. The van der Waals surface area contributed by atoms with Gasteiger partial charge in [-0.05, 0) is 34.0 Å². The minimum atomic E-state index is -3.70. The van der Waals surface area contributed by atoms with Gasteiger partial charge in [0, 0.05) is 33.1 Å². The summed E-state index contributed by atoms with van der Waals surface area (Å²) in [4.78, 5) is 16.2. The van der Waals surface area contributed by atoms with Crippen LogP contribution in [-0.4, -0.2) is 50.3 Å². The Hall–Kier alpha value is -2.74. The molecular weight excluding hydrogens is 410 g/mol. The number of hydrogen-bond donors (Lipinski definition) is 1. The third-order valence-corrected chi connectivity index (χ3v) is 7.88. The minimum absolute atomic E-state index is 0.0813. The number of rotatable bonds is 4. The lowest BCUT2D eigenvalue weighted by atomic mass is 10.0. The maximum Gasteiger partial charge on any atom is 0.241 e. The van der Waals surface area contributed by atoms with E-state index in [-0.39, 0.29) is 16.8 Å². The van der Waals surface area contributed by atoms with Crippen molar-refractivity contribution in [2.24, 2.45) is 0 Å². The molecule has 0 spiro atoms. The highest BCUT2D eigenvalue weighted by Crippen LogP contribution is 2.47. The number of sulfonamides is 1. The van der Waals surface area contributed by atoms with Crippen molar-refractivity contribution in [1.82, 2.24) is 14.5 Å². The van der Waals surface area contributed by atoms with Gasteiger partial charge in [-0.15, -0.1) is 0 Å². The highest BCUT2D eigenvalue weighted by Gasteiger charge is 2.41. The lowest BCUT2D eigenvalue weighted by Gasteiger charge is -2.40. The van der Waals surface area contributed by atoms with E-state index in [4.69, 9.17) is 0 Å². The van der Waals surface area contributed by atoms with Crippen LogP contribution in [0.5, 0.6) is 0 Å². The minimum Gasteiger partial charge on any atom is -0.340 e. The predicted molar refractivity (Wildman–Crippen MR) is 120 cm³/mol. The molecule has 3 aromatic carbocycles. The molecule has 0 aromatic heterocycles. The summed E-state index contributed by atoms with van der Waals surface area (Å²) in [6, 6.07) is 20.3. The van der Waals surface area contributed by atoms with E-state index < -0.39 is 16.1 Å². The molecule has 5 rings (SSSR count). The van der Waals surface area contributed by atoms with Crippen molar-refractivity contribution in [2.45, 2.75) is 23.9 Å². The molecule has 7 heteroatoms. The van der Waals surface area contributed by atoms with Crippen LogP contribution in [0.3, 0.4) is 0 Å². The van der Waals surface area contributed by atoms with Gasteiger partial charge in [0.25, 0.3) is 0 Å². The molecule has 0 unspecified atom stereocenters. The third kappa shape index (κ3) is 3.52. The molecule has 2 atom stereocenters. The summed E-state index contributed by atoms with van der Waals surface area (Å²) in [7, 11) is -3.70. The quantitative estimate of drug-likeness (QED) is 0.684. The number of amides is 1. The van der Waals surface area contributed by atoms with E-state index in [2.05, 4.69) is 27.8 Å². The molecule has 160 valence electrons. The standard InChI is InChI=1S/C24H25N3O3S/c1-17(28)26-13-15-27(16-14-26)24-21-12-6-8-18-7-5-11-20(22(18)21)23(24)25-31(29,30)19-9-3-2-4-10-19/h2-12,23-25H,13-16H2,1H3/t23-,24-/m0/s1. The highest BCUT2D eigenvalue weighted by atomic mass is 32.2. The molecule has 2 aliphatic rings. The number of piperazine rings is 1. The SMILES string of the molecule is CC(=O)N1CCN([C@H]2c3cccc4cccc(c34)[C@@H]2NS(=O)(=O)c2ccccc2)CC1. The predicted octanol–water partition coefficient (Wildman–Crippen LogP) is 3.08. The van der Waals surface area contributed by atoms with E-state index in [9.17, 15) is 13.2 Å². The maximum atomic E-state index is 13.2. The summed E-state index contributed by atoms with van der Waals surface area (Å²) < 4.78 is 29.5. The van der Waals surface area contributed by atoms with Crippen LogP contribution in [0.1, 0.15) is 30.1 Å². The monoisotopic (exact) mass is 435 g/mol. The van der Waals surface area contributed by atoms with Gasteiger partial charge in [0.2, 0.25) is 15.9 Å². The van der Waals surface area contributed by atoms with Crippen LogP contribution < -0.4 is 4.72 Å². The van der Waals surface area contributed by atoms with Crippen molar-refractivity contribution in [1.29, 1.82) is 0 Å². The summed E-state index contributed by atoms with van der Waals surface area (Å²) in [5, 5.41) is 2.24. The lowest BCUT2D eigenvalue weighted by molar-refractivity contribution is -0.130.